The molecule has 0 spiro atoms. The van der Waals surface area contributed by atoms with Crippen molar-refractivity contribution in [1.29, 1.82) is 0 Å². The Bertz CT molecular complexity index is 804. The first-order valence-electron chi connectivity index (χ1n) is 10.6. The Morgan fingerprint density at radius 2 is 1.69 bits per heavy atom. The molecule has 0 amide bonds. The van der Waals surface area contributed by atoms with E-state index in [1.807, 2.05) is 17.8 Å². The molecule has 4 rings (SSSR count). The van der Waals surface area contributed by atoms with Crippen LogP contribution in [0.3, 0.4) is 0 Å². The maximum Gasteiger partial charge on any atom is 0.322 e. The Morgan fingerprint density at radius 3 is 2.34 bits per heavy atom. The topological polar surface area (TPSA) is 92.4 Å². The molecule has 29 heavy (non-hydrogen) atoms. The van der Waals surface area contributed by atoms with Crippen LogP contribution in [0.1, 0.15) is 50.5 Å². The number of rotatable bonds is 5. The van der Waals surface area contributed by atoms with Gasteiger partial charge in [0.05, 0.1) is 7.11 Å². The molecule has 9 heteroatoms. The summed E-state index contributed by atoms with van der Waals surface area (Å²) in [5.74, 6) is 2.11. The molecule has 0 aliphatic carbocycles. The molecule has 0 radical (unpaired) electrons. The lowest BCUT2D eigenvalue weighted by molar-refractivity contribution is 0.0872. The lowest BCUT2D eigenvalue weighted by Gasteiger charge is -2.35. The predicted octanol–water partition coefficient (Wildman–Crippen LogP) is 1.94. The Kier molecular flexibility index (Phi) is 6.13. The Hall–Kier alpha value is -2.42. The van der Waals surface area contributed by atoms with Crippen LogP contribution in [0, 0.1) is 5.92 Å². The molecule has 1 N–H and O–H groups in total. The van der Waals surface area contributed by atoms with Gasteiger partial charge >= 0.3 is 6.01 Å². The van der Waals surface area contributed by atoms with E-state index < -0.39 is 6.10 Å². The number of aliphatic hydroxyl groups excluding tert-OH is 1. The largest absolute Gasteiger partial charge is 0.467 e. The first kappa shape index (κ1) is 19.9. The number of ether oxygens (including phenoxy) is 1. The minimum atomic E-state index is -0.605. The Balaban J connectivity index is 1.55. The van der Waals surface area contributed by atoms with Crippen molar-refractivity contribution < 1.29 is 9.84 Å². The number of piperidine rings is 1. The van der Waals surface area contributed by atoms with Gasteiger partial charge in [-0.1, -0.05) is 12.8 Å². The molecule has 2 saturated heterocycles. The zero-order valence-electron chi connectivity index (χ0n) is 17.4. The van der Waals surface area contributed by atoms with Crippen LogP contribution in [0.4, 0.5) is 11.9 Å². The third kappa shape index (κ3) is 4.44. The number of aryl methyl sites for hydroxylation is 1. The molecule has 9 nitrogen and oxygen atoms in total. The summed E-state index contributed by atoms with van der Waals surface area (Å²) in [6.07, 6.45) is 9.73. The van der Waals surface area contributed by atoms with Gasteiger partial charge in [-0.2, -0.15) is 15.0 Å². The van der Waals surface area contributed by atoms with Crippen molar-refractivity contribution in [3.63, 3.8) is 0 Å². The smallest absolute Gasteiger partial charge is 0.322 e. The molecule has 2 aliphatic rings. The van der Waals surface area contributed by atoms with Crippen molar-refractivity contribution in [3.05, 3.63) is 18.2 Å². The molecular formula is C20H31N7O2. The fourth-order valence-corrected chi connectivity index (χ4v) is 4.30. The fourth-order valence-electron chi connectivity index (χ4n) is 4.30. The van der Waals surface area contributed by atoms with Crippen LogP contribution in [0.5, 0.6) is 6.01 Å². The number of hydrogen-bond donors (Lipinski definition) is 1. The summed E-state index contributed by atoms with van der Waals surface area (Å²) in [4.78, 5) is 22.5. The number of hydrogen-bond acceptors (Lipinski definition) is 8. The van der Waals surface area contributed by atoms with E-state index in [1.165, 1.54) is 12.8 Å². The zero-order valence-corrected chi connectivity index (χ0v) is 17.4. The maximum atomic E-state index is 10.9. The van der Waals surface area contributed by atoms with Gasteiger partial charge < -0.3 is 24.2 Å². The van der Waals surface area contributed by atoms with Gasteiger partial charge in [-0.05, 0) is 25.7 Å². The molecule has 2 aromatic heterocycles. The molecule has 2 fully saturated rings. The second-order valence-corrected chi connectivity index (χ2v) is 8.01. The van der Waals surface area contributed by atoms with Crippen LogP contribution < -0.4 is 14.5 Å². The number of nitrogens with zero attached hydrogens (tertiary/aromatic N) is 7. The number of imidazole rings is 1. The average molecular weight is 402 g/mol. The van der Waals surface area contributed by atoms with E-state index in [1.54, 1.807) is 13.3 Å². The Labute approximate surface area is 171 Å². The zero-order chi connectivity index (χ0) is 20.2. The van der Waals surface area contributed by atoms with Crippen molar-refractivity contribution in [1.82, 2.24) is 24.5 Å². The summed E-state index contributed by atoms with van der Waals surface area (Å²) in [6, 6.07) is 0.348. The summed E-state index contributed by atoms with van der Waals surface area (Å²) in [6.45, 7) is 3.47. The second-order valence-electron chi connectivity index (χ2n) is 8.01. The van der Waals surface area contributed by atoms with Gasteiger partial charge in [0, 0.05) is 51.5 Å². The summed E-state index contributed by atoms with van der Waals surface area (Å²) < 4.78 is 7.26. The van der Waals surface area contributed by atoms with Gasteiger partial charge in [-0.3, -0.25) is 0 Å². The molecule has 2 aromatic rings. The first-order chi connectivity index (χ1) is 14.2. The van der Waals surface area contributed by atoms with E-state index in [2.05, 4.69) is 24.8 Å². The molecule has 2 unspecified atom stereocenters. The number of methoxy groups -OCH3 is 1. The van der Waals surface area contributed by atoms with Gasteiger partial charge in [0.25, 0.3) is 0 Å². The minimum absolute atomic E-state index is 0.0780. The number of anilines is 2. The van der Waals surface area contributed by atoms with Crippen molar-refractivity contribution in [3.8, 4) is 6.01 Å². The maximum absolute atomic E-state index is 10.9. The molecule has 0 saturated carbocycles. The van der Waals surface area contributed by atoms with E-state index in [9.17, 15) is 5.11 Å². The molecule has 0 bridgehead atoms. The van der Waals surface area contributed by atoms with E-state index in [0.29, 0.717) is 30.3 Å². The van der Waals surface area contributed by atoms with Crippen molar-refractivity contribution in [2.75, 3.05) is 43.1 Å². The summed E-state index contributed by atoms with van der Waals surface area (Å²) in [5, 5.41) is 10.9. The standard InChI is InChI=1S/C20H31N7O2/c1-25-13-9-21-17(25)16(28)15-8-7-12-27(14-15)19-22-18(23-20(24-19)29-2)26-10-5-3-4-6-11-26/h9,13,15-16,28H,3-8,10-12,14H2,1-2H3. The Morgan fingerprint density at radius 1 is 1.00 bits per heavy atom. The first-order valence-corrected chi connectivity index (χ1v) is 10.6. The van der Waals surface area contributed by atoms with E-state index >= 15 is 0 Å². The normalized spacial score (nSPS) is 21.7. The van der Waals surface area contributed by atoms with Crippen molar-refractivity contribution >= 4 is 11.9 Å². The molecule has 2 aliphatic heterocycles. The summed E-state index contributed by atoms with van der Waals surface area (Å²) >= 11 is 0. The van der Waals surface area contributed by atoms with Gasteiger partial charge in [-0.15, -0.1) is 0 Å². The summed E-state index contributed by atoms with van der Waals surface area (Å²) in [7, 11) is 3.51. The SMILES string of the molecule is COc1nc(N2CCCCCC2)nc(N2CCCC(C(O)c3nccn3C)C2)n1. The van der Waals surface area contributed by atoms with Gasteiger partial charge in [0.1, 0.15) is 11.9 Å². The van der Waals surface area contributed by atoms with Crippen LogP contribution in [0.15, 0.2) is 12.4 Å². The van der Waals surface area contributed by atoms with E-state index in [-0.39, 0.29) is 5.92 Å². The predicted molar refractivity (Wildman–Crippen MR) is 110 cm³/mol. The van der Waals surface area contributed by atoms with E-state index in [0.717, 1.165) is 45.3 Å². The highest BCUT2D eigenvalue weighted by Gasteiger charge is 2.31. The third-order valence-corrected chi connectivity index (χ3v) is 5.97. The monoisotopic (exact) mass is 401 g/mol. The van der Waals surface area contributed by atoms with Gasteiger partial charge in [0.2, 0.25) is 11.9 Å². The lowest BCUT2D eigenvalue weighted by Crippen LogP contribution is -2.39. The highest BCUT2D eigenvalue weighted by molar-refractivity contribution is 5.41. The molecule has 4 heterocycles. The highest BCUT2D eigenvalue weighted by Crippen LogP contribution is 2.31. The van der Waals surface area contributed by atoms with Crippen molar-refractivity contribution in [2.45, 2.75) is 44.6 Å². The summed E-state index contributed by atoms with van der Waals surface area (Å²) in [5.41, 5.74) is 0. The highest BCUT2D eigenvalue weighted by atomic mass is 16.5. The second kappa shape index (κ2) is 8.94. The van der Waals surface area contributed by atoms with Crippen LogP contribution in [0.2, 0.25) is 0 Å². The molecule has 0 aromatic carbocycles. The average Bonchev–Trinajstić information content (AvgIpc) is 3.01. The van der Waals surface area contributed by atoms with Crippen LogP contribution in [-0.4, -0.2) is 62.9 Å². The van der Waals surface area contributed by atoms with Crippen LogP contribution in [-0.2, 0) is 7.05 Å². The lowest BCUT2D eigenvalue weighted by atomic mass is 9.92. The van der Waals surface area contributed by atoms with Gasteiger partial charge in [0.15, 0.2) is 0 Å². The van der Waals surface area contributed by atoms with Crippen LogP contribution in [0.25, 0.3) is 0 Å². The molecule has 158 valence electrons. The molecular weight excluding hydrogens is 370 g/mol. The quantitative estimate of drug-likeness (QED) is 0.813. The number of aliphatic hydroxyl groups is 1. The van der Waals surface area contributed by atoms with Crippen molar-refractivity contribution in [2.24, 2.45) is 13.0 Å². The third-order valence-electron chi connectivity index (χ3n) is 5.97. The molecule has 2 atom stereocenters. The van der Waals surface area contributed by atoms with Gasteiger partial charge in [-0.25, -0.2) is 4.98 Å². The fraction of sp³-hybridized carbons (Fsp3) is 0.700. The number of aromatic nitrogens is 5. The van der Waals surface area contributed by atoms with Crippen LogP contribution >= 0.6 is 0 Å². The van der Waals surface area contributed by atoms with E-state index in [4.69, 9.17) is 9.72 Å². The minimum Gasteiger partial charge on any atom is -0.467 e.